The molecule has 4 N–H and O–H groups in total. The van der Waals surface area contributed by atoms with Gasteiger partial charge in [-0.1, -0.05) is 6.07 Å². The standard InChI is InChI=1S/C9H11F3N2/c1-5(13)7-3-2-6(4-8(7)14)9(10,11)12/h2-5H,13-14H2,1H3/t5-/m1/s1. The van der Waals surface area contributed by atoms with E-state index in [-0.39, 0.29) is 11.7 Å². The Labute approximate surface area is 79.7 Å². The van der Waals surface area contributed by atoms with Gasteiger partial charge in [-0.25, -0.2) is 0 Å². The van der Waals surface area contributed by atoms with E-state index in [2.05, 4.69) is 0 Å². The van der Waals surface area contributed by atoms with Gasteiger partial charge in [0.05, 0.1) is 5.56 Å². The van der Waals surface area contributed by atoms with E-state index in [0.717, 1.165) is 12.1 Å². The summed E-state index contributed by atoms with van der Waals surface area (Å²) in [5, 5.41) is 0. The number of halogens is 3. The summed E-state index contributed by atoms with van der Waals surface area (Å²) in [5.41, 5.74) is 10.8. The van der Waals surface area contributed by atoms with Crippen molar-refractivity contribution in [2.75, 3.05) is 5.73 Å². The molecule has 0 spiro atoms. The first-order chi connectivity index (χ1) is 6.32. The summed E-state index contributed by atoms with van der Waals surface area (Å²) >= 11 is 0. The van der Waals surface area contributed by atoms with E-state index in [0.29, 0.717) is 5.56 Å². The number of anilines is 1. The zero-order chi connectivity index (χ0) is 10.9. The van der Waals surface area contributed by atoms with Gasteiger partial charge in [-0.3, -0.25) is 0 Å². The SMILES string of the molecule is C[C@@H](N)c1ccc(C(F)(F)F)cc1N. The van der Waals surface area contributed by atoms with Crippen molar-refractivity contribution in [3.63, 3.8) is 0 Å². The molecule has 1 rings (SSSR count). The third kappa shape index (κ3) is 2.17. The van der Waals surface area contributed by atoms with Crippen LogP contribution >= 0.6 is 0 Å². The molecule has 0 unspecified atom stereocenters. The number of hydrogen-bond acceptors (Lipinski definition) is 2. The topological polar surface area (TPSA) is 52.0 Å². The fourth-order valence-corrected chi connectivity index (χ4v) is 1.17. The van der Waals surface area contributed by atoms with Gasteiger partial charge in [-0.05, 0) is 24.6 Å². The molecule has 0 aromatic heterocycles. The van der Waals surface area contributed by atoms with Gasteiger partial charge >= 0.3 is 6.18 Å². The monoisotopic (exact) mass is 204 g/mol. The number of nitrogen functional groups attached to an aromatic ring is 1. The lowest BCUT2D eigenvalue weighted by Gasteiger charge is -2.12. The number of benzene rings is 1. The van der Waals surface area contributed by atoms with Crippen molar-refractivity contribution in [3.8, 4) is 0 Å². The molecule has 0 fully saturated rings. The van der Waals surface area contributed by atoms with Gasteiger partial charge in [0.1, 0.15) is 0 Å². The number of nitrogens with two attached hydrogens (primary N) is 2. The molecule has 0 radical (unpaired) electrons. The smallest absolute Gasteiger partial charge is 0.398 e. The van der Waals surface area contributed by atoms with Crippen molar-refractivity contribution in [3.05, 3.63) is 29.3 Å². The lowest BCUT2D eigenvalue weighted by atomic mass is 10.0. The lowest BCUT2D eigenvalue weighted by Crippen LogP contribution is -2.11. The minimum absolute atomic E-state index is 0.0785. The molecular weight excluding hydrogens is 193 g/mol. The Hall–Kier alpha value is -1.23. The molecular formula is C9H11F3N2. The van der Waals surface area contributed by atoms with Gasteiger partial charge in [-0.2, -0.15) is 13.2 Å². The molecule has 0 bridgehead atoms. The Morgan fingerprint density at radius 2 is 1.86 bits per heavy atom. The molecule has 1 aromatic rings. The molecule has 0 aliphatic rings. The summed E-state index contributed by atoms with van der Waals surface area (Å²) in [5.74, 6) is 0. The molecule has 0 heterocycles. The molecule has 2 nitrogen and oxygen atoms in total. The van der Waals surface area contributed by atoms with E-state index >= 15 is 0 Å². The molecule has 0 saturated carbocycles. The lowest BCUT2D eigenvalue weighted by molar-refractivity contribution is -0.137. The first-order valence-corrected chi connectivity index (χ1v) is 4.04. The number of rotatable bonds is 1. The summed E-state index contributed by atoms with van der Waals surface area (Å²) in [6.07, 6.45) is -4.36. The minimum Gasteiger partial charge on any atom is -0.398 e. The average molecular weight is 204 g/mol. The maximum Gasteiger partial charge on any atom is 0.416 e. The minimum atomic E-state index is -4.36. The van der Waals surface area contributed by atoms with E-state index in [9.17, 15) is 13.2 Å². The van der Waals surface area contributed by atoms with Crippen molar-refractivity contribution in [2.24, 2.45) is 5.73 Å². The Morgan fingerprint density at radius 3 is 2.21 bits per heavy atom. The largest absolute Gasteiger partial charge is 0.416 e. The highest BCUT2D eigenvalue weighted by Gasteiger charge is 2.30. The third-order valence-electron chi connectivity index (χ3n) is 1.90. The van der Waals surface area contributed by atoms with E-state index < -0.39 is 11.7 Å². The van der Waals surface area contributed by atoms with Crippen LogP contribution in [0.5, 0.6) is 0 Å². The Morgan fingerprint density at radius 1 is 1.29 bits per heavy atom. The predicted octanol–water partition coefficient (Wildman–Crippen LogP) is 2.31. The van der Waals surface area contributed by atoms with Crippen LogP contribution in [-0.4, -0.2) is 0 Å². The van der Waals surface area contributed by atoms with Crippen molar-refractivity contribution in [1.82, 2.24) is 0 Å². The number of alkyl halides is 3. The first kappa shape index (κ1) is 10.8. The summed E-state index contributed by atoms with van der Waals surface area (Å²) in [4.78, 5) is 0. The molecule has 14 heavy (non-hydrogen) atoms. The van der Waals surface area contributed by atoms with E-state index in [1.807, 2.05) is 0 Å². The van der Waals surface area contributed by atoms with Crippen LogP contribution in [-0.2, 0) is 6.18 Å². The first-order valence-electron chi connectivity index (χ1n) is 4.04. The number of hydrogen-bond donors (Lipinski definition) is 2. The van der Waals surface area contributed by atoms with Gasteiger partial charge in [0.2, 0.25) is 0 Å². The zero-order valence-electron chi connectivity index (χ0n) is 7.60. The average Bonchev–Trinajstić information content (AvgIpc) is 2.01. The summed E-state index contributed by atoms with van der Waals surface area (Å²) in [7, 11) is 0. The fraction of sp³-hybridized carbons (Fsp3) is 0.333. The van der Waals surface area contributed by atoms with Gasteiger partial charge in [-0.15, -0.1) is 0 Å². The second kappa shape index (κ2) is 3.49. The van der Waals surface area contributed by atoms with Crippen LogP contribution in [0.25, 0.3) is 0 Å². The molecule has 78 valence electrons. The van der Waals surface area contributed by atoms with Crippen molar-refractivity contribution in [1.29, 1.82) is 0 Å². The van der Waals surface area contributed by atoms with E-state index in [1.165, 1.54) is 6.07 Å². The second-order valence-corrected chi connectivity index (χ2v) is 3.13. The predicted molar refractivity (Wildman–Crippen MR) is 48.5 cm³/mol. The van der Waals surface area contributed by atoms with Crippen LogP contribution in [0.3, 0.4) is 0 Å². The molecule has 0 amide bonds. The van der Waals surface area contributed by atoms with Crippen molar-refractivity contribution >= 4 is 5.69 Å². The van der Waals surface area contributed by atoms with Crippen molar-refractivity contribution in [2.45, 2.75) is 19.1 Å². The van der Waals surface area contributed by atoms with Crippen LogP contribution in [0.2, 0.25) is 0 Å². The molecule has 1 aromatic carbocycles. The van der Waals surface area contributed by atoms with Gasteiger partial charge in [0, 0.05) is 11.7 Å². The maximum atomic E-state index is 12.2. The second-order valence-electron chi connectivity index (χ2n) is 3.13. The summed E-state index contributed by atoms with van der Waals surface area (Å²) in [6.45, 7) is 1.67. The summed E-state index contributed by atoms with van der Waals surface area (Å²) in [6, 6.07) is 2.83. The Bertz CT molecular complexity index is 331. The maximum absolute atomic E-state index is 12.2. The van der Waals surface area contributed by atoms with Crippen LogP contribution in [0.1, 0.15) is 24.1 Å². The Balaban J connectivity index is 3.13. The molecule has 0 saturated heterocycles. The van der Waals surface area contributed by atoms with Crippen LogP contribution in [0.4, 0.5) is 18.9 Å². The highest BCUT2D eigenvalue weighted by atomic mass is 19.4. The van der Waals surface area contributed by atoms with E-state index in [1.54, 1.807) is 6.92 Å². The van der Waals surface area contributed by atoms with E-state index in [4.69, 9.17) is 11.5 Å². The molecule has 0 aliphatic heterocycles. The van der Waals surface area contributed by atoms with Gasteiger partial charge in [0.25, 0.3) is 0 Å². The summed E-state index contributed by atoms with van der Waals surface area (Å²) < 4.78 is 36.6. The normalized spacial score (nSPS) is 14.1. The third-order valence-corrected chi connectivity index (χ3v) is 1.90. The highest BCUT2D eigenvalue weighted by molar-refractivity contribution is 5.51. The highest BCUT2D eigenvalue weighted by Crippen LogP contribution is 2.32. The van der Waals surface area contributed by atoms with Crippen molar-refractivity contribution < 1.29 is 13.2 Å². The molecule has 1 atom stereocenters. The van der Waals surface area contributed by atoms with Crippen LogP contribution < -0.4 is 11.5 Å². The van der Waals surface area contributed by atoms with Crippen LogP contribution in [0, 0.1) is 0 Å². The van der Waals surface area contributed by atoms with Crippen LogP contribution in [0.15, 0.2) is 18.2 Å². The van der Waals surface area contributed by atoms with Gasteiger partial charge in [0.15, 0.2) is 0 Å². The fourth-order valence-electron chi connectivity index (χ4n) is 1.17. The molecule has 5 heteroatoms. The molecule has 0 aliphatic carbocycles. The quantitative estimate of drug-likeness (QED) is 0.689. The zero-order valence-corrected chi connectivity index (χ0v) is 7.60. The van der Waals surface area contributed by atoms with Gasteiger partial charge < -0.3 is 11.5 Å². The Kier molecular flexibility index (Phi) is 2.71.